The van der Waals surface area contributed by atoms with E-state index in [9.17, 15) is 4.79 Å². The molecule has 1 amide bonds. The van der Waals surface area contributed by atoms with Gasteiger partial charge in [0.1, 0.15) is 11.5 Å². The zero-order chi connectivity index (χ0) is 14.1. The van der Waals surface area contributed by atoms with Gasteiger partial charge in [-0.25, -0.2) is 0 Å². The molecule has 0 aliphatic heterocycles. The zero-order valence-electron chi connectivity index (χ0n) is 12.2. The Bertz CT molecular complexity index is 413. The van der Waals surface area contributed by atoms with Crippen LogP contribution < -0.4 is 20.1 Å². The number of methoxy groups -OCH3 is 2. The summed E-state index contributed by atoms with van der Waals surface area (Å²) in [6, 6.07) is 5.45. The predicted octanol–water partition coefficient (Wildman–Crippen LogP) is 1.39. The summed E-state index contributed by atoms with van der Waals surface area (Å²) in [6.07, 6.45) is 1.21. The third-order valence-electron chi connectivity index (χ3n) is 2.76. The number of nitrogens with one attached hydrogen (secondary N) is 2. The van der Waals surface area contributed by atoms with Gasteiger partial charge in [0, 0.05) is 12.1 Å². The molecule has 0 bridgehead atoms. The van der Waals surface area contributed by atoms with E-state index in [-0.39, 0.29) is 18.3 Å². The Balaban J connectivity index is 0.00000361. The number of carbonyl (C=O) groups is 1. The van der Waals surface area contributed by atoms with Crippen molar-refractivity contribution < 1.29 is 14.3 Å². The topological polar surface area (TPSA) is 59.6 Å². The highest BCUT2D eigenvalue weighted by molar-refractivity contribution is 5.85. The minimum Gasteiger partial charge on any atom is -0.497 e. The van der Waals surface area contributed by atoms with Crippen molar-refractivity contribution in [2.75, 3.05) is 34.4 Å². The van der Waals surface area contributed by atoms with Crippen LogP contribution in [0.2, 0.25) is 0 Å². The third kappa shape index (κ3) is 6.12. The maximum Gasteiger partial charge on any atom is 0.224 e. The first-order valence-corrected chi connectivity index (χ1v) is 6.33. The molecule has 0 fully saturated rings. The molecule has 1 aromatic carbocycles. The molecule has 2 N–H and O–H groups in total. The average molecular weight is 303 g/mol. The van der Waals surface area contributed by atoms with E-state index in [1.165, 1.54) is 0 Å². The monoisotopic (exact) mass is 302 g/mol. The number of benzene rings is 1. The highest BCUT2D eigenvalue weighted by Gasteiger charge is 2.09. The van der Waals surface area contributed by atoms with Gasteiger partial charge in [0.25, 0.3) is 0 Å². The highest BCUT2D eigenvalue weighted by Crippen LogP contribution is 2.24. The number of rotatable bonds is 8. The Morgan fingerprint density at radius 3 is 2.55 bits per heavy atom. The van der Waals surface area contributed by atoms with Gasteiger partial charge >= 0.3 is 0 Å². The Kier molecular flexibility index (Phi) is 9.59. The molecule has 0 heterocycles. The lowest BCUT2D eigenvalue weighted by Gasteiger charge is -2.10. The molecule has 0 aromatic heterocycles. The normalized spacial score (nSPS) is 9.55. The Hall–Kier alpha value is -1.46. The van der Waals surface area contributed by atoms with E-state index in [4.69, 9.17) is 9.47 Å². The van der Waals surface area contributed by atoms with Crippen LogP contribution in [-0.4, -0.2) is 40.3 Å². The van der Waals surface area contributed by atoms with Crippen molar-refractivity contribution in [2.45, 2.75) is 12.8 Å². The lowest BCUT2D eigenvalue weighted by atomic mass is 10.1. The van der Waals surface area contributed by atoms with E-state index in [1.807, 2.05) is 25.2 Å². The number of carbonyl (C=O) groups excluding carboxylic acids is 1. The van der Waals surface area contributed by atoms with Crippen LogP contribution in [0.25, 0.3) is 0 Å². The minimum absolute atomic E-state index is 0. The Morgan fingerprint density at radius 1 is 1.20 bits per heavy atom. The van der Waals surface area contributed by atoms with E-state index in [0.29, 0.717) is 18.7 Å². The van der Waals surface area contributed by atoms with Gasteiger partial charge in [-0.15, -0.1) is 12.4 Å². The van der Waals surface area contributed by atoms with Crippen molar-refractivity contribution in [3.05, 3.63) is 23.8 Å². The van der Waals surface area contributed by atoms with Crippen LogP contribution in [-0.2, 0) is 11.2 Å². The van der Waals surface area contributed by atoms with E-state index in [1.54, 1.807) is 14.2 Å². The van der Waals surface area contributed by atoms with E-state index >= 15 is 0 Å². The number of ether oxygens (including phenoxy) is 2. The number of amides is 1. The van der Waals surface area contributed by atoms with Crippen molar-refractivity contribution in [2.24, 2.45) is 0 Å². The van der Waals surface area contributed by atoms with Crippen LogP contribution in [0.4, 0.5) is 0 Å². The predicted molar refractivity (Wildman–Crippen MR) is 82.1 cm³/mol. The van der Waals surface area contributed by atoms with Gasteiger partial charge in [0.05, 0.1) is 20.6 Å². The average Bonchev–Trinajstić information content (AvgIpc) is 2.43. The number of hydrogen-bond acceptors (Lipinski definition) is 4. The standard InChI is InChI=1S/C14H22N2O3.ClH/c1-15-7-4-8-16-14(17)10-11-9-12(18-2)5-6-13(11)19-3;/h5-6,9,15H,4,7-8,10H2,1-3H3,(H,16,17);1H. The van der Waals surface area contributed by atoms with Gasteiger partial charge in [0.15, 0.2) is 0 Å². The van der Waals surface area contributed by atoms with Gasteiger partial charge in [-0.1, -0.05) is 0 Å². The van der Waals surface area contributed by atoms with Gasteiger partial charge in [-0.2, -0.15) is 0 Å². The fraction of sp³-hybridized carbons (Fsp3) is 0.500. The fourth-order valence-electron chi connectivity index (χ4n) is 1.75. The highest BCUT2D eigenvalue weighted by atomic mass is 35.5. The molecule has 0 spiro atoms. The Morgan fingerprint density at radius 2 is 1.95 bits per heavy atom. The van der Waals surface area contributed by atoms with E-state index < -0.39 is 0 Å². The molecule has 0 unspecified atom stereocenters. The van der Waals surface area contributed by atoms with Gasteiger partial charge in [0.2, 0.25) is 5.91 Å². The molecule has 0 aliphatic carbocycles. The zero-order valence-corrected chi connectivity index (χ0v) is 13.0. The SMILES string of the molecule is CNCCCNC(=O)Cc1cc(OC)ccc1OC.Cl. The largest absolute Gasteiger partial charge is 0.497 e. The van der Waals surface area contributed by atoms with Crippen LogP contribution >= 0.6 is 12.4 Å². The summed E-state index contributed by atoms with van der Waals surface area (Å²) in [5, 5.41) is 5.92. The van der Waals surface area contributed by atoms with E-state index in [0.717, 1.165) is 24.3 Å². The fourth-order valence-corrected chi connectivity index (χ4v) is 1.75. The van der Waals surface area contributed by atoms with Crippen LogP contribution in [0, 0.1) is 0 Å². The second-order valence-electron chi connectivity index (χ2n) is 4.16. The number of hydrogen-bond donors (Lipinski definition) is 2. The molecular weight excluding hydrogens is 280 g/mol. The lowest BCUT2D eigenvalue weighted by molar-refractivity contribution is -0.120. The molecular formula is C14H23ClN2O3. The van der Waals surface area contributed by atoms with Crippen molar-refractivity contribution in [1.29, 1.82) is 0 Å². The van der Waals surface area contributed by atoms with Crippen molar-refractivity contribution >= 4 is 18.3 Å². The molecule has 1 aromatic rings. The minimum atomic E-state index is -0.0114. The van der Waals surface area contributed by atoms with E-state index in [2.05, 4.69) is 10.6 Å². The van der Waals surface area contributed by atoms with Crippen LogP contribution in [0.15, 0.2) is 18.2 Å². The summed E-state index contributed by atoms with van der Waals surface area (Å²) < 4.78 is 10.4. The molecule has 0 saturated heterocycles. The van der Waals surface area contributed by atoms with Crippen molar-refractivity contribution in [3.8, 4) is 11.5 Å². The summed E-state index contributed by atoms with van der Waals surface area (Å²) in [5.74, 6) is 1.41. The summed E-state index contributed by atoms with van der Waals surface area (Å²) in [4.78, 5) is 11.8. The molecule has 0 aliphatic rings. The van der Waals surface area contributed by atoms with Gasteiger partial charge in [-0.3, -0.25) is 4.79 Å². The number of halogens is 1. The first-order valence-electron chi connectivity index (χ1n) is 6.33. The maximum absolute atomic E-state index is 11.8. The van der Waals surface area contributed by atoms with Gasteiger partial charge < -0.3 is 20.1 Å². The van der Waals surface area contributed by atoms with Crippen LogP contribution in [0.5, 0.6) is 11.5 Å². The molecule has 1 rings (SSSR count). The summed E-state index contributed by atoms with van der Waals surface area (Å²) in [7, 11) is 5.09. The molecule has 0 radical (unpaired) electrons. The second-order valence-corrected chi connectivity index (χ2v) is 4.16. The summed E-state index contributed by atoms with van der Waals surface area (Å²) in [6.45, 7) is 1.56. The molecule has 20 heavy (non-hydrogen) atoms. The summed E-state index contributed by atoms with van der Waals surface area (Å²) in [5.41, 5.74) is 0.827. The molecule has 5 nitrogen and oxygen atoms in total. The first kappa shape index (κ1) is 18.5. The lowest BCUT2D eigenvalue weighted by Crippen LogP contribution is -2.28. The van der Waals surface area contributed by atoms with Crippen molar-refractivity contribution in [1.82, 2.24) is 10.6 Å². The van der Waals surface area contributed by atoms with Crippen LogP contribution in [0.1, 0.15) is 12.0 Å². The second kappa shape index (κ2) is 10.3. The third-order valence-corrected chi connectivity index (χ3v) is 2.76. The van der Waals surface area contributed by atoms with Gasteiger partial charge in [-0.05, 0) is 38.2 Å². The maximum atomic E-state index is 11.8. The Labute approximate surface area is 126 Å². The first-order chi connectivity index (χ1) is 9.21. The molecule has 0 saturated carbocycles. The molecule has 6 heteroatoms. The quantitative estimate of drug-likeness (QED) is 0.713. The van der Waals surface area contributed by atoms with Crippen molar-refractivity contribution in [3.63, 3.8) is 0 Å². The molecule has 0 atom stereocenters. The van der Waals surface area contributed by atoms with Crippen LogP contribution in [0.3, 0.4) is 0 Å². The smallest absolute Gasteiger partial charge is 0.224 e. The molecule has 114 valence electrons. The summed E-state index contributed by atoms with van der Waals surface area (Å²) >= 11 is 0.